The van der Waals surface area contributed by atoms with Crippen LogP contribution in [0.25, 0.3) is 0 Å². The highest BCUT2D eigenvalue weighted by Gasteiger charge is 2.25. The number of Topliss-reactive ketones (excluding diaryl/α,β-unsaturated/α-hetero) is 1. The van der Waals surface area contributed by atoms with Gasteiger partial charge in [0.25, 0.3) is 0 Å². The van der Waals surface area contributed by atoms with Crippen LogP contribution in [0.4, 0.5) is 0 Å². The molecule has 0 saturated carbocycles. The number of ether oxygens (including phenoxy) is 1. The van der Waals surface area contributed by atoms with Crippen LogP contribution in [0.15, 0.2) is 30.9 Å². The highest BCUT2D eigenvalue weighted by Crippen LogP contribution is 2.32. The normalized spacial score (nSPS) is 14.8. The van der Waals surface area contributed by atoms with E-state index in [9.17, 15) is 4.79 Å². The van der Waals surface area contributed by atoms with E-state index >= 15 is 0 Å². The van der Waals surface area contributed by atoms with Gasteiger partial charge in [0.05, 0.1) is 12.9 Å². The number of hydrogen-bond acceptors (Lipinski definition) is 3. The zero-order valence-electron chi connectivity index (χ0n) is 13.4. The number of rotatable bonds is 4. The summed E-state index contributed by atoms with van der Waals surface area (Å²) in [7, 11) is 0. The molecule has 2 aromatic rings. The summed E-state index contributed by atoms with van der Waals surface area (Å²) in [6.07, 6.45) is 8.07. The molecule has 3 rings (SSSR count). The van der Waals surface area contributed by atoms with Crippen molar-refractivity contribution < 1.29 is 9.53 Å². The highest BCUT2D eigenvalue weighted by molar-refractivity contribution is 5.99. The van der Waals surface area contributed by atoms with Gasteiger partial charge in [0.1, 0.15) is 11.4 Å². The molecular weight excluding hydrogens is 276 g/mol. The number of carbonyl (C=O) groups is 1. The van der Waals surface area contributed by atoms with Gasteiger partial charge < -0.3 is 9.30 Å². The van der Waals surface area contributed by atoms with Crippen molar-refractivity contribution in [3.05, 3.63) is 47.5 Å². The van der Waals surface area contributed by atoms with Crippen molar-refractivity contribution in [3.8, 4) is 5.75 Å². The van der Waals surface area contributed by atoms with Crippen LogP contribution in [0.2, 0.25) is 0 Å². The minimum atomic E-state index is -0.349. The predicted molar refractivity (Wildman–Crippen MR) is 85.4 cm³/mol. The molecule has 0 unspecified atom stereocenters. The Labute approximate surface area is 131 Å². The third-order valence-electron chi connectivity index (χ3n) is 4.19. The first-order chi connectivity index (χ1) is 10.5. The molecule has 0 amide bonds. The fourth-order valence-corrected chi connectivity index (χ4v) is 3.14. The third-order valence-corrected chi connectivity index (χ3v) is 4.19. The molecule has 1 aliphatic carbocycles. The molecule has 0 spiro atoms. The Morgan fingerprint density at radius 1 is 1.32 bits per heavy atom. The lowest BCUT2D eigenvalue weighted by Crippen LogP contribution is -2.33. The van der Waals surface area contributed by atoms with Crippen molar-refractivity contribution in [3.63, 3.8) is 0 Å². The summed E-state index contributed by atoms with van der Waals surface area (Å²) in [6.45, 7) is 6.91. The molecule has 0 radical (unpaired) electrons. The van der Waals surface area contributed by atoms with Gasteiger partial charge in [-0.05, 0) is 56.9 Å². The first-order valence-corrected chi connectivity index (χ1v) is 7.77. The van der Waals surface area contributed by atoms with Crippen LogP contribution in [0.1, 0.15) is 48.2 Å². The van der Waals surface area contributed by atoms with Crippen LogP contribution in [0.5, 0.6) is 5.75 Å². The predicted octanol–water partition coefficient (Wildman–Crippen LogP) is 3.57. The molecule has 0 N–H and O–H groups in total. The van der Waals surface area contributed by atoms with E-state index in [4.69, 9.17) is 4.74 Å². The second-order valence-corrected chi connectivity index (χ2v) is 6.59. The Morgan fingerprint density at radius 2 is 2.14 bits per heavy atom. The molecule has 0 fully saturated rings. The zero-order valence-corrected chi connectivity index (χ0v) is 13.4. The fraction of sp³-hybridized carbons (Fsp3) is 0.444. The van der Waals surface area contributed by atoms with Gasteiger partial charge in [-0.15, -0.1) is 0 Å². The lowest BCUT2D eigenvalue weighted by atomic mass is 9.87. The number of fused-ring (bicyclic) bond motifs is 1. The summed E-state index contributed by atoms with van der Waals surface area (Å²) in [6, 6.07) is 3.86. The second kappa shape index (κ2) is 5.59. The minimum absolute atomic E-state index is 0.258. The molecule has 1 aromatic heterocycles. The SMILES string of the molecule is Cc1c(OC(C)(C)Cn2ccnc2)ccc2c1CCCC2=O. The van der Waals surface area contributed by atoms with Crippen LogP contribution >= 0.6 is 0 Å². The molecule has 1 aromatic carbocycles. The summed E-state index contributed by atoms with van der Waals surface area (Å²) in [5.41, 5.74) is 2.79. The zero-order chi connectivity index (χ0) is 15.7. The molecule has 1 aliphatic rings. The smallest absolute Gasteiger partial charge is 0.163 e. The standard InChI is InChI=1S/C18H22N2O2/c1-13-14-5-4-6-16(21)15(14)7-8-17(13)22-18(2,3)11-20-10-9-19-12-20/h7-10,12H,4-6,11H2,1-3H3. The second-order valence-electron chi connectivity index (χ2n) is 6.59. The Kier molecular flexibility index (Phi) is 3.77. The number of hydrogen-bond donors (Lipinski definition) is 0. The number of carbonyl (C=O) groups excluding carboxylic acids is 1. The average molecular weight is 298 g/mol. The Morgan fingerprint density at radius 3 is 2.86 bits per heavy atom. The number of aromatic nitrogens is 2. The van der Waals surface area contributed by atoms with Crippen LogP contribution in [0.3, 0.4) is 0 Å². The summed E-state index contributed by atoms with van der Waals surface area (Å²) >= 11 is 0. The van der Waals surface area contributed by atoms with Crippen molar-refractivity contribution in [2.45, 2.75) is 52.2 Å². The number of nitrogens with zero attached hydrogens (tertiary/aromatic N) is 2. The van der Waals surface area contributed by atoms with E-state index in [-0.39, 0.29) is 11.4 Å². The van der Waals surface area contributed by atoms with E-state index < -0.39 is 0 Å². The van der Waals surface area contributed by atoms with Crippen molar-refractivity contribution in [2.75, 3.05) is 0 Å². The van der Waals surface area contributed by atoms with E-state index in [2.05, 4.69) is 25.8 Å². The number of benzene rings is 1. The largest absolute Gasteiger partial charge is 0.486 e. The van der Waals surface area contributed by atoms with E-state index in [1.54, 1.807) is 12.5 Å². The molecule has 0 bridgehead atoms. The van der Waals surface area contributed by atoms with E-state index in [0.29, 0.717) is 6.42 Å². The quantitative estimate of drug-likeness (QED) is 0.866. The van der Waals surface area contributed by atoms with E-state index in [0.717, 1.165) is 41.8 Å². The van der Waals surface area contributed by atoms with Crippen molar-refractivity contribution in [2.24, 2.45) is 0 Å². The van der Waals surface area contributed by atoms with E-state index in [1.807, 2.05) is 22.9 Å². The molecule has 0 aliphatic heterocycles. The monoisotopic (exact) mass is 298 g/mol. The Bertz CT molecular complexity index is 687. The van der Waals surface area contributed by atoms with Gasteiger partial charge >= 0.3 is 0 Å². The molecule has 4 nitrogen and oxygen atoms in total. The van der Waals surface area contributed by atoms with Gasteiger partial charge in [-0.2, -0.15) is 0 Å². The lowest BCUT2D eigenvalue weighted by molar-refractivity contribution is 0.0882. The van der Waals surface area contributed by atoms with Crippen LogP contribution in [-0.4, -0.2) is 20.9 Å². The number of ketones is 1. The molecular formula is C18H22N2O2. The summed E-state index contributed by atoms with van der Waals surface area (Å²) in [4.78, 5) is 16.1. The van der Waals surface area contributed by atoms with Crippen molar-refractivity contribution in [1.29, 1.82) is 0 Å². The molecule has 0 saturated heterocycles. The van der Waals surface area contributed by atoms with Crippen LogP contribution in [0, 0.1) is 6.92 Å². The molecule has 116 valence electrons. The molecule has 1 heterocycles. The fourth-order valence-electron chi connectivity index (χ4n) is 3.14. The summed E-state index contributed by atoms with van der Waals surface area (Å²) in [5, 5.41) is 0. The Balaban J connectivity index is 1.85. The van der Waals surface area contributed by atoms with Gasteiger partial charge in [-0.3, -0.25) is 4.79 Å². The number of imidazole rings is 1. The van der Waals surface area contributed by atoms with Gasteiger partial charge in [-0.25, -0.2) is 4.98 Å². The Hall–Kier alpha value is -2.10. The summed E-state index contributed by atoms with van der Waals surface area (Å²) < 4.78 is 8.26. The van der Waals surface area contributed by atoms with Crippen molar-refractivity contribution >= 4 is 5.78 Å². The molecule has 0 atom stereocenters. The average Bonchev–Trinajstić information content (AvgIpc) is 2.94. The lowest BCUT2D eigenvalue weighted by Gasteiger charge is -2.29. The van der Waals surface area contributed by atoms with Gasteiger partial charge in [0.2, 0.25) is 0 Å². The van der Waals surface area contributed by atoms with Gasteiger partial charge in [0, 0.05) is 24.4 Å². The minimum Gasteiger partial charge on any atom is -0.486 e. The maximum atomic E-state index is 12.0. The topological polar surface area (TPSA) is 44.1 Å². The van der Waals surface area contributed by atoms with Crippen LogP contribution in [-0.2, 0) is 13.0 Å². The van der Waals surface area contributed by atoms with Gasteiger partial charge in [0.15, 0.2) is 5.78 Å². The summed E-state index contributed by atoms with van der Waals surface area (Å²) in [5.74, 6) is 1.13. The van der Waals surface area contributed by atoms with E-state index in [1.165, 1.54) is 0 Å². The molecule has 4 heteroatoms. The maximum Gasteiger partial charge on any atom is 0.163 e. The van der Waals surface area contributed by atoms with Gasteiger partial charge in [-0.1, -0.05) is 0 Å². The molecule has 22 heavy (non-hydrogen) atoms. The maximum absolute atomic E-state index is 12.0. The highest BCUT2D eigenvalue weighted by atomic mass is 16.5. The van der Waals surface area contributed by atoms with Crippen LogP contribution < -0.4 is 4.74 Å². The first kappa shape index (κ1) is 14.8. The van der Waals surface area contributed by atoms with Crippen molar-refractivity contribution in [1.82, 2.24) is 9.55 Å². The third kappa shape index (κ3) is 2.91. The first-order valence-electron chi connectivity index (χ1n) is 7.77.